The number of rotatable bonds is 2. The minimum Gasteiger partial charge on any atom is -0.269 e. The lowest BCUT2D eigenvalue weighted by Gasteiger charge is -2.15. The van der Waals surface area contributed by atoms with Gasteiger partial charge in [-0.05, 0) is 46.4 Å². The molecule has 0 unspecified atom stereocenters. The molecule has 0 aromatic heterocycles. The van der Waals surface area contributed by atoms with Gasteiger partial charge < -0.3 is 0 Å². The maximum Gasteiger partial charge on any atom is 0.266 e. The van der Waals surface area contributed by atoms with Crippen LogP contribution < -0.4 is 4.90 Å². The van der Waals surface area contributed by atoms with Crippen molar-refractivity contribution in [3.05, 3.63) is 69.8 Å². The van der Waals surface area contributed by atoms with Crippen LogP contribution in [0.25, 0.3) is 5.57 Å². The van der Waals surface area contributed by atoms with Gasteiger partial charge in [0.05, 0.1) is 11.3 Å². The van der Waals surface area contributed by atoms with Crippen LogP contribution in [0.1, 0.15) is 5.56 Å². The first kappa shape index (κ1) is 13.1. The Morgan fingerprint density at radius 1 is 0.900 bits per heavy atom. The van der Waals surface area contributed by atoms with Crippen molar-refractivity contribution in [2.24, 2.45) is 0 Å². The van der Waals surface area contributed by atoms with Gasteiger partial charge in [-0.25, -0.2) is 4.90 Å². The first-order valence-electron chi connectivity index (χ1n) is 6.08. The van der Waals surface area contributed by atoms with Crippen LogP contribution in [0.4, 0.5) is 5.69 Å². The molecule has 20 heavy (non-hydrogen) atoms. The molecule has 1 aliphatic rings. The predicted octanol–water partition coefficient (Wildman–Crippen LogP) is 3.25. The molecule has 0 saturated heterocycles. The fourth-order valence-electron chi connectivity index (χ4n) is 2.15. The minimum atomic E-state index is -0.296. The number of carbonyl (C=O) groups excluding carboxylic acids is 2. The van der Waals surface area contributed by atoms with E-state index in [0.717, 1.165) is 9.13 Å². The van der Waals surface area contributed by atoms with Crippen molar-refractivity contribution in [1.29, 1.82) is 0 Å². The third-order valence-corrected chi connectivity index (χ3v) is 3.74. The molecule has 4 heteroatoms. The van der Waals surface area contributed by atoms with E-state index in [0.29, 0.717) is 11.3 Å². The average Bonchev–Trinajstić information content (AvgIpc) is 2.75. The SMILES string of the molecule is O=C1C=C(c2ccccc2)C(=O)N1c1cccc(I)c1. The van der Waals surface area contributed by atoms with Gasteiger partial charge in [-0.15, -0.1) is 0 Å². The van der Waals surface area contributed by atoms with Gasteiger partial charge in [-0.1, -0.05) is 36.4 Å². The summed E-state index contributed by atoms with van der Waals surface area (Å²) in [5, 5.41) is 0. The highest BCUT2D eigenvalue weighted by Gasteiger charge is 2.32. The molecule has 0 fully saturated rings. The number of hydrogen-bond acceptors (Lipinski definition) is 2. The topological polar surface area (TPSA) is 37.4 Å². The Hall–Kier alpha value is -1.95. The van der Waals surface area contributed by atoms with Crippen molar-refractivity contribution in [2.45, 2.75) is 0 Å². The second-order valence-electron chi connectivity index (χ2n) is 4.38. The van der Waals surface area contributed by atoms with Gasteiger partial charge in [0.2, 0.25) is 0 Å². The first-order chi connectivity index (χ1) is 9.66. The fourth-order valence-corrected chi connectivity index (χ4v) is 2.68. The second kappa shape index (κ2) is 5.20. The summed E-state index contributed by atoms with van der Waals surface area (Å²) in [6.07, 6.45) is 1.40. The molecule has 2 aromatic rings. The molecule has 0 radical (unpaired) electrons. The average molecular weight is 375 g/mol. The minimum absolute atomic E-state index is 0.275. The number of hydrogen-bond donors (Lipinski definition) is 0. The quantitative estimate of drug-likeness (QED) is 0.597. The van der Waals surface area contributed by atoms with Gasteiger partial charge in [0.1, 0.15) is 0 Å². The molecule has 3 nitrogen and oxygen atoms in total. The van der Waals surface area contributed by atoms with Crippen LogP contribution in [0.15, 0.2) is 60.7 Å². The Kier molecular flexibility index (Phi) is 3.40. The maximum atomic E-state index is 12.5. The van der Waals surface area contributed by atoms with Crippen molar-refractivity contribution in [3.63, 3.8) is 0 Å². The molecule has 1 heterocycles. The number of benzene rings is 2. The van der Waals surface area contributed by atoms with Crippen LogP contribution in [0.3, 0.4) is 0 Å². The molecule has 0 saturated carbocycles. The van der Waals surface area contributed by atoms with E-state index in [4.69, 9.17) is 0 Å². The monoisotopic (exact) mass is 375 g/mol. The van der Waals surface area contributed by atoms with Crippen LogP contribution in [0.5, 0.6) is 0 Å². The largest absolute Gasteiger partial charge is 0.269 e. The zero-order chi connectivity index (χ0) is 14.1. The van der Waals surface area contributed by atoms with Gasteiger partial charge in [0, 0.05) is 9.65 Å². The van der Waals surface area contributed by atoms with Crippen LogP contribution >= 0.6 is 22.6 Å². The zero-order valence-corrected chi connectivity index (χ0v) is 12.6. The van der Waals surface area contributed by atoms with E-state index in [-0.39, 0.29) is 11.8 Å². The van der Waals surface area contributed by atoms with Crippen molar-refractivity contribution >= 4 is 45.7 Å². The van der Waals surface area contributed by atoms with Crippen molar-refractivity contribution < 1.29 is 9.59 Å². The molecule has 98 valence electrons. The van der Waals surface area contributed by atoms with E-state index < -0.39 is 0 Å². The van der Waals surface area contributed by atoms with Gasteiger partial charge in [0.15, 0.2) is 0 Å². The third kappa shape index (κ3) is 2.27. The molecule has 0 bridgehead atoms. The molecule has 3 rings (SSSR count). The molecule has 2 aromatic carbocycles. The number of nitrogens with zero attached hydrogens (tertiary/aromatic N) is 1. The molecule has 0 aliphatic carbocycles. The van der Waals surface area contributed by atoms with E-state index in [1.165, 1.54) is 11.0 Å². The Labute approximate surface area is 130 Å². The summed E-state index contributed by atoms with van der Waals surface area (Å²) in [4.78, 5) is 25.8. The third-order valence-electron chi connectivity index (χ3n) is 3.07. The molecule has 0 atom stereocenters. The van der Waals surface area contributed by atoms with Crippen LogP contribution in [0, 0.1) is 3.57 Å². The molecular weight excluding hydrogens is 365 g/mol. The summed E-state index contributed by atoms with van der Waals surface area (Å²) in [5.41, 5.74) is 1.81. The van der Waals surface area contributed by atoms with Crippen LogP contribution in [-0.4, -0.2) is 11.8 Å². The first-order valence-corrected chi connectivity index (χ1v) is 7.16. The molecule has 1 aliphatic heterocycles. The number of imide groups is 1. The Morgan fingerprint density at radius 3 is 2.35 bits per heavy atom. The number of anilines is 1. The number of amides is 2. The predicted molar refractivity (Wildman–Crippen MR) is 86.1 cm³/mol. The van der Waals surface area contributed by atoms with E-state index in [9.17, 15) is 9.59 Å². The van der Waals surface area contributed by atoms with Crippen molar-refractivity contribution in [1.82, 2.24) is 0 Å². The maximum absolute atomic E-state index is 12.5. The second-order valence-corrected chi connectivity index (χ2v) is 5.63. The van der Waals surface area contributed by atoms with E-state index in [1.807, 2.05) is 48.5 Å². The standard InChI is InChI=1S/C16H10INO2/c17-12-7-4-8-13(9-12)18-15(19)10-14(16(18)20)11-5-2-1-3-6-11/h1-10H. The zero-order valence-electron chi connectivity index (χ0n) is 10.4. The highest BCUT2D eigenvalue weighted by atomic mass is 127. The molecule has 0 N–H and O–H groups in total. The highest BCUT2D eigenvalue weighted by Crippen LogP contribution is 2.28. The van der Waals surface area contributed by atoms with Crippen LogP contribution in [-0.2, 0) is 9.59 Å². The highest BCUT2D eigenvalue weighted by molar-refractivity contribution is 14.1. The van der Waals surface area contributed by atoms with Gasteiger partial charge >= 0.3 is 0 Å². The lowest BCUT2D eigenvalue weighted by molar-refractivity contribution is -0.119. The summed E-state index contributed by atoms with van der Waals surface area (Å²) in [7, 11) is 0. The Bertz CT molecular complexity index is 722. The van der Waals surface area contributed by atoms with Crippen molar-refractivity contribution in [3.8, 4) is 0 Å². The van der Waals surface area contributed by atoms with E-state index in [1.54, 1.807) is 6.07 Å². The normalized spacial score (nSPS) is 14.7. The summed E-state index contributed by atoms with van der Waals surface area (Å²) >= 11 is 2.16. The Morgan fingerprint density at radius 2 is 1.65 bits per heavy atom. The Balaban J connectivity index is 1.99. The van der Waals surface area contributed by atoms with Crippen LogP contribution in [0.2, 0.25) is 0 Å². The number of halogens is 1. The van der Waals surface area contributed by atoms with Crippen molar-refractivity contribution in [2.75, 3.05) is 4.90 Å². The lowest BCUT2D eigenvalue weighted by atomic mass is 10.1. The van der Waals surface area contributed by atoms with E-state index in [2.05, 4.69) is 22.6 Å². The fraction of sp³-hybridized carbons (Fsp3) is 0. The molecular formula is C16H10INO2. The summed E-state index contributed by atoms with van der Waals surface area (Å²) in [6, 6.07) is 16.6. The van der Waals surface area contributed by atoms with Gasteiger partial charge in [-0.3, -0.25) is 9.59 Å². The van der Waals surface area contributed by atoms with Gasteiger partial charge in [0.25, 0.3) is 11.8 Å². The molecule has 2 amide bonds. The molecule has 0 spiro atoms. The van der Waals surface area contributed by atoms with Gasteiger partial charge in [-0.2, -0.15) is 0 Å². The summed E-state index contributed by atoms with van der Waals surface area (Å²) in [6.45, 7) is 0. The smallest absolute Gasteiger partial charge is 0.266 e. The number of carbonyl (C=O) groups is 2. The lowest BCUT2D eigenvalue weighted by Crippen LogP contribution is -2.30. The van der Waals surface area contributed by atoms with E-state index >= 15 is 0 Å². The summed E-state index contributed by atoms with van der Waals surface area (Å²) < 4.78 is 0.980. The summed E-state index contributed by atoms with van der Waals surface area (Å²) in [5.74, 6) is -0.570.